The van der Waals surface area contributed by atoms with Gasteiger partial charge in [-0.25, -0.2) is 5.43 Å². The summed E-state index contributed by atoms with van der Waals surface area (Å²) >= 11 is 3.51. The minimum atomic E-state index is 0.142. The Balaban J connectivity index is 1.99. The molecule has 0 heterocycles. The van der Waals surface area contributed by atoms with Crippen molar-refractivity contribution in [1.82, 2.24) is 5.43 Å². The fraction of sp³-hybridized carbons (Fsp3) is 0.294. The number of nitrogens with one attached hydrogen (secondary N) is 1. The molecule has 0 spiro atoms. The number of hydrogen-bond acceptors (Lipinski definition) is 2. The van der Waals surface area contributed by atoms with Gasteiger partial charge < -0.3 is 0 Å². The van der Waals surface area contributed by atoms with Crippen molar-refractivity contribution in [2.45, 2.75) is 31.7 Å². The Hall–Kier alpha value is -1.16. The van der Waals surface area contributed by atoms with Crippen LogP contribution in [-0.2, 0) is 0 Å². The van der Waals surface area contributed by atoms with Crippen molar-refractivity contribution in [3.63, 3.8) is 0 Å². The average Bonchev–Trinajstić information content (AvgIpc) is 2.49. The molecule has 1 atom stereocenters. The minimum absolute atomic E-state index is 0.142. The van der Waals surface area contributed by atoms with E-state index in [0.29, 0.717) is 0 Å². The van der Waals surface area contributed by atoms with Gasteiger partial charge >= 0.3 is 0 Å². The maximum absolute atomic E-state index is 5.81. The molecule has 3 rings (SSSR count). The molecule has 1 aliphatic rings. The van der Waals surface area contributed by atoms with E-state index in [4.69, 9.17) is 5.84 Å². The molecule has 0 saturated carbocycles. The fourth-order valence-corrected chi connectivity index (χ4v) is 3.34. The number of rotatable bonds is 3. The third-order valence-electron chi connectivity index (χ3n) is 4.02. The highest BCUT2D eigenvalue weighted by Gasteiger charge is 2.17. The van der Waals surface area contributed by atoms with Crippen molar-refractivity contribution >= 4 is 26.7 Å². The van der Waals surface area contributed by atoms with Gasteiger partial charge in [0.25, 0.3) is 0 Å². The van der Waals surface area contributed by atoms with Gasteiger partial charge in [-0.3, -0.25) is 5.84 Å². The summed E-state index contributed by atoms with van der Waals surface area (Å²) in [5.74, 6) is 5.81. The molecule has 0 aromatic heterocycles. The monoisotopic (exact) mass is 330 g/mol. The van der Waals surface area contributed by atoms with E-state index >= 15 is 0 Å². The van der Waals surface area contributed by atoms with Crippen LogP contribution in [0.1, 0.15) is 37.3 Å². The number of benzene rings is 2. The molecular weight excluding hydrogens is 312 g/mol. The van der Waals surface area contributed by atoms with Crippen molar-refractivity contribution in [2.75, 3.05) is 0 Å². The Morgan fingerprint density at radius 2 is 1.85 bits per heavy atom. The van der Waals surface area contributed by atoms with E-state index in [1.807, 2.05) is 0 Å². The molecule has 1 aliphatic carbocycles. The summed E-state index contributed by atoms with van der Waals surface area (Å²) < 4.78 is 1.11. The summed E-state index contributed by atoms with van der Waals surface area (Å²) in [6.07, 6.45) is 7.23. The summed E-state index contributed by atoms with van der Waals surface area (Å²) in [5, 5.41) is 2.50. The molecule has 3 heteroatoms. The summed E-state index contributed by atoms with van der Waals surface area (Å²) in [4.78, 5) is 0. The zero-order chi connectivity index (χ0) is 13.9. The van der Waals surface area contributed by atoms with Crippen LogP contribution in [0.3, 0.4) is 0 Å². The van der Waals surface area contributed by atoms with Gasteiger partial charge in [0, 0.05) is 4.47 Å². The molecule has 2 aromatic carbocycles. The zero-order valence-corrected chi connectivity index (χ0v) is 13.0. The van der Waals surface area contributed by atoms with Gasteiger partial charge in [-0.1, -0.05) is 45.8 Å². The summed E-state index contributed by atoms with van der Waals surface area (Å²) in [7, 11) is 0. The maximum Gasteiger partial charge on any atom is 0.0670 e. The van der Waals surface area contributed by atoms with Crippen molar-refractivity contribution < 1.29 is 0 Å². The zero-order valence-electron chi connectivity index (χ0n) is 11.4. The molecule has 0 radical (unpaired) electrons. The second kappa shape index (κ2) is 6.08. The predicted octanol–water partition coefficient (Wildman–Crippen LogP) is 4.61. The van der Waals surface area contributed by atoms with E-state index in [1.54, 1.807) is 0 Å². The molecule has 0 amide bonds. The lowest BCUT2D eigenvalue weighted by molar-refractivity contribution is 0.566. The van der Waals surface area contributed by atoms with Crippen LogP contribution in [0, 0.1) is 0 Å². The Morgan fingerprint density at radius 1 is 1.05 bits per heavy atom. The largest absolute Gasteiger partial charge is 0.271 e. The summed E-state index contributed by atoms with van der Waals surface area (Å²) in [6, 6.07) is 13.1. The lowest BCUT2D eigenvalue weighted by Gasteiger charge is -2.23. The van der Waals surface area contributed by atoms with Gasteiger partial charge in [-0.05, 0) is 60.2 Å². The third-order valence-corrected chi connectivity index (χ3v) is 4.52. The molecule has 2 nitrogen and oxygen atoms in total. The minimum Gasteiger partial charge on any atom is -0.271 e. The van der Waals surface area contributed by atoms with Gasteiger partial charge in [0.05, 0.1) is 6.04 Å². The maximum atomic E-state index is 5.81. The van der Waals surface area contributed by atoms with E-state index in [2.05, 4.69) is 63.8 Å². The summed E-state index contributed by atoms with van der Waals surface area (Å²) in [5.41, 5.74) is 5.66. The number of hydrazine groups is 1. The first-order chi connectivity index (χ1) is 9.78. The van der Waals surface area contributed by atoms with Crippen LogP contribution >= 0.6 is 15.9 Å². The Kier molecular flexibility index (Phi) is 4.20. The number of hydrogen-bond donors (Lipinski definition) is 2. The van der Waals surface area contributed by atoms with E-state index < -0.39 is 0 Å². The number of allylic oxidation sites excluding steroid dienone is 1. The molecule has 0 aliphatic heterocycles. The van der Waals surface area contributed by atoms with Gasteiger partial charge in [0.2, 0.25) is 0 Å². The van der Waals surface area contributed by atoms with Crippen LogP contribution in [0.15, 0.2) is 52.5 Å². The number of nitrogens with two attached hydrogens (primary N) is 1. The van der Waals surface area contributed by atoms with Gasteiger partial charge in [-0.2, -0.15) is 0 Å². The second-order valence-corrected chi connectivity index (χ2v) is 6.29. The predicted molar refractivity (Wildman–Crippen MR) is 88.3 cm³/mol. The van der Waals surface area contributed by atoms with Crippen molar-refractivity contribution in [2.24, 2.45) is 5.84 Å². The third kappa shape index (κ3) is 2.80. The fourth-order valence-electron chi connectivity index (χ4n) is 2.96. The molecular formula is C17H19BrN2. The standard InChI is InChI=1S/C17H19BrN2/c18-16-9-8-13-10-15(7-6-14(13)11-16)17(20-19)12-4-2-1-3-5-12/h4,6-11,17,20H,1-3,5,19H2. The first kappa shape index (κ1) is 13.8. The molecule has 20 heavy (non-hydrogen) atoms. The van der Waals surface area contributed by atoms with E-state index in [9.17, 15) is 0 Å². The van der Waals surface area contributed by atoms with Crippen LogP contribution in [0.5, 0.6) is 0 Å². The second-order valence-electron chi connectivity index (χ2n) is 5.38. The average molecular weight is 331 g/mol. The van der Waals surface area contributed by atoms with E-state index in [-0.39, 0.29) is 6.04 Å². The van der Waals surface area contributed by atoms with Crippen LogP contribution in [0.4, 0.5) is 0 Å². The number of halogens is 1. The lowest BCUT2D eigenvalue weighted by atomic mass is 9.89. The first-order valence-electron chi connectivity index (χ1n) is 7.12. The lowest BCUT2D eigenvalue weighted by Crippen LogP contribution is -2.30. The number of fused-ring (bicyclic) bond motifs is 1. The van der Waals surface area contributed by atoms with Gasteiger partial charge in [-0.15, -0.1) is 0 Å². The quantitative estimate of drug-likeness (QED) is 0.490. The molecule has 3 N–H and O–H groups in total. The molecule has 2 aromatic rings. The van der Waals surface area contributed by atoms with Crippen LogP contribution in [-0.4, -0.2) is 0 Å². The van der Waals surface area contributed by atoms with Gasteiger partial charge in [0.1, 0.15) is 0 Å². The van der Waals surface area contributed by atoms with Gasteiger partial charge in [0.15, 0.2) is 0 Å². The van der Waals surface area contributed by atoms with Crippen LogP contribution < -0.4 is 11.3 Å². The Labute approximate surface area is 128 Å². The first-order valence-corrected chi connectivity index (χ1v) is 7.91. The molecule has 0 fully saturated rings. The molecule has 0 bridgehead atoms. The topological polar surface area (TPSA) is 38.0 Å². The smallest absolute Gasteiger partial charge is 0.0670 e. The van der Waals surface area contributed by atoms with Crippen molar-refractivity contribution in [3.8, 4) is 0 Å². The summed E-state index contributed by atoms with van der Waals surface area (Å²) in [6.45, 7) is 0. The van der Waals surface area contributed by atoms with Crippen LogP contribution in [0.25, 0.3) is 10.8 Å². The normalized spacial score (nSPS) is 17.0. The highest BCUT2D eigenvalue weighted by molar-refractivity contribution is 9.10. The SMILES string of the molecule is NNC(C1=CCCCC1)c1ccc2cc(Br)ccc2c1. The highest BCUT2D eigenvalue weighted by atomic mass is 79.9. The van der Waals surface area contributed by atoms with E-state index in [0.717, 1.165) is 10.9 Å². The Morgan fingerprint density at radius 3 is 2.60 bits per heavy atom. The molecule has 104 valence electrons. The molecule has 1 unspecified atom stereocenters. The van der Waals surface area contributed by atoms with E-state index in [1.165, 1.54) is 41.2 Å². The van der Waals surface area contributed by atoms with Crippen molar-refractivity contribution in [1.29, 1.82) is 0 Å². The van der Waals surface area contributed by atoms with Crippen LogP contribution in [0.2, 0.25) is 0 Å². The van der Waals surface area contributed by atoms with Crippen molar-refractivity contribution in [3.05, 3.63) is 58.1 Å². The highest BCUT2D eigenvalue weighted by Crippen LogP contribution is 2.31. The Bertz CT molecular complexity index is 648. The molecule has 0 saturated heterocycles.